The van der Waals surface area contributed by atoms with Crippen LogP contribution in [0.5, 0.6) is 0 Å². The molecule has 2 aromatic rings. The number of hydrogen-bond acceptors (Lipinski definition) is 3. The van der Waals surface area contributed by atoms with Gasteiger partial charge in [0, 0.05) is 19.6 Å². The summed E-state index contributed by atoms with van der Waals surface area (Å²) in [7, 11) is 1.57. The van der Waals surface area contributed by atoms with Crippen LogP contribution in [0, 0.1) is 0 Å². The fourth-order valence-corrected chi connectivity index (χ4v) is 3.12. The molecule has 0 fully saturated rings. The van der Waals surface area contributed by atoms with E-state index >= 15 is 0 Å². The molecule has 23 heavy (non-hydrogen) atoms. The van der Waals surface area contributed by atoms with E-state index < -0.39 is 10.9 Å². The highest BCUT2D eigenvalue weighted by molar-refractivity contribution is 9.10. The number of halogens is 1. The summed E-state index contributed by atoms with van der Waals surface area (Å²) in [6.45, 7) is 1.41. The fraction of sp³-hybridized carbons (Fsp3) is 0.222. The van der Waals surface area contributed by atoms with Crippen LogP contribution in [0.1, 0.15) is 28.9 Å². The van der Waals surface area contributed by atoms with E-state index in [1.807, 2.05) is 30.3 Å². The predicted molar refractivity (Wildman–Crippen MR) is 94.0 cm³/mol. The average molecular weight is 376 g/mol. The number of methoxy groups -OCH3 is 1. The van der Waals surface area contributed by atoms with Crippen molar-refractivity contribution in [3.05, 3.63) is 65.7 Å². The van der Waals surface area contributed by atoms with Gasteiger partial charge in [-0.15, -0.1) is 0 Å². The number of carbonyl (C=O) groups is 2. The van der Waals surface area contributed by atoms with Gasteiger partial charge in [-0.1, -0.05) is 58.4 Å². The predicted octanol–water partition coefficient (Wildman–Crippen LogP) is 3.98. The van der Waals surface area contributed by atoms with Crippen LogP contribution in [0.15, 0.2) is 54.6 Å². The lowest BCUT2D eigenvalue weighted by molar-refractivity contribution is -0.114. The Morgan fingerprint density at radius 3 is 2.26 bits per heavy atom. The Balaban J connectivity index is 2.30. The third kappa shape index (κ3) is 4.27. The lowest BCUT2D eigenvalue weighted by Crippen LogP contribution is -2.25. The Bertz CT molecular complexity index is 688. The van der Waals surface area contributed by atoms with Crippen molar-refractivity contribution in [1.82, 2.24) is 0 Å². The van der Waals surface area contributed by atoms with Gasteiger partial charge in [0.15, 0.2) is 5.78 Å². The van der Waals surface area contributed by atoms with Gasteiger partial charge in [0.05, 0.1) is 5.69 Å². The molecule has 4 nitrogen and oxygen atoms in total. The summed E-state index contributed by atoms with van der Waals surface area (Å²) < 4.78 is 5.51. The maximum atomic E-state index is 12.8. The molecule has 0 aliphatic heterocycles. The summed E-state index contributed by atoms with van der Waals surface area (Å²) in [6.07, 6.45) is -0.422. The van der Waals surface area contributed by atoms with Gasteiger partial charge < -0.3 is 10.1 Å². The molecule has 0 aliphatic rings. The molecule has 2 unspecified atom stereocenters. The van der Waals surface area contributed by atoms with Crippen LogP contribution in [-0.4, -0.2) is 23.6 Å². The van der Waals surface area contributed by atoms with Crippen LogP contribution < -0.4 is 5.32 Å². The van der Waals surface area contributed by atoms with E-state index in [1.165, 1.54) is 6.92 Å². The number of benzene rings is 2. The lowest BCUT2D eigenvalue weighted by Gasteiger charge is -2.21. The number of ether oxygens (including phenoxy) is 1. The number of amides is 1. The second kappa shape index (κ2) is 8.04. The molecule has 5 heteroatoms. The van der Waals surface area contributed by atoms with E-state index in [0.717, 1.165) is 5.56 Å². The van der Waals surface area contributed by atoms with Crippen molar-refractivity contribution in [3.63, 3.8) is 0 Å². The van der Waals surface area contributed by atoms with Crippen molar-refractivity contribution in [2.45, 2.75) is 17.9 Å². The minimum absolute atomic E-state index is 0.148. The van der Waals surface area contributed by atoms with E-state index in [0.29, 0.717) is 11.3 Å². The van der Waals surface area contributed by atoms with Crippen molar-refractivity contribution in [1.29, 1.82) is 0 Å². The summed E-state index contributed by atoms with van der Waals surface area (Å²) in [4.78, 5) is 23.6. The van der Waals surface area contributed by atoms with Crippen LogP contribution in [0.25, 0.3) is 0 Å². The summed E-state index contributed by atoms with van der Waals surface area (Å²) in [5.74, 6) is -0.368. The molecule has 0 aromatic heterocycles. The Labute approximate surface area is 144 Å². The molecular formula is C18H18BrNO3. The first-order valence-corrected chi connectivity index (χ1v) is 8.08. The van der Waals surface area contributed by atoms with Crippen LogP contribution in [0.3, 0.4) is 0 Å². The lowest BCUT2D eigenvalue weighted by atomic mass is 9.98. The van der Waals surface area contributed by atoms with E-state index in [2.05, 4.69) is 21.2 Å². The van der Waals surface area contributed by atoms with Gasteiger partial charge >= 0.3 is 0 Å². The van der Waals surface area contributed by atoms with E-state index in [-0.39, 0.29) is 11.7 Å². The molecule has 2 aromatic carbocycles. The minimum Gasteiger partial charge on any atom is -0.375 e. The van der Waals surface area contributed by atoms with E-state index in [4.69, 9.17) is 4.74 Å². The fourth-order valence-electron chi connectivity index (χ4n) is 2.35. The third-order valence-electron chi connectivity index (χ3n) is 3.40. The van der Waals surface area contributed by atoms with Crippen LogP contribution in [0.2, 0.25) is 0 Å². The molecule has 0 spiro atoms. The summed E-state index contributed by atoms with van der Waals surface area (Å²) in [6, 6.07) is 16.5. The Hall–Kier alpha value is -1.98. The zero-order valence-electron chi connectivity index (χ0n) is 13.0. The second-order valence-electron chi connectivity index (χ2n) is 5.06. The maximum Gasteiger partial charge on any atom is 0.221 e. The minimum atomic E-state index is -0.565. The van der Waals surface area contributed by atoms with Crippen molar-refractivity contribution in [2.24, 2.45) is 0 Å². The molecule has 2 rings (SSSR count). The highest BCUT2D eigenvalue weighted by Crippen LogP contribution is 2.30. The van der Waals surface area contributed by atoms with Crippen LogP contribution in [0.4, 0.5) is 5.69 Å². The molecular weight excluding hydrogens is 358 g/mol. The molecule has 120 valence electrons. The third-order valence-corrected chi connectivity index (χ3v) is 4.30. The number of nitrogens with one attached hydrogen (secondary N) is 1. The first-order chi connectivity index (χ1) is 11.0. The zero-order chi connectivity index (χ0) is 16.8. The van der Waals surface area contributed by atoms with Crippen LogP contribution in [-0.2, 0) is 9.53 Å². The van der Waals surface area contributed by atoms with Gasteiger partial charge in [-0.05, 0) is 17.7 Å². The highest BCUT2D eigenvalue weighted by Gasteiger charge is 2.29. The summed E-state index contributed by atoms with van der Waals surface area (Å²) in [5.41, 5.74) is 1.85. The molecule has 0 saturated carbocycles. The number of rotatable bonds is 6. The Kier molecular flexibility index (Phi) is 6.07. The van der Waals surface area contributed by atoms with Gasteiger partial charge in [0.1, 0.15) is 10.9 Å². The average Bonchev–Trinajstić information content (AvgIpc) is 2.56. The molecule has 0 saturated heterocycles. The van der Waals surface area contributed by atoms with Crippen molar-refractivity contribution in [3.8, 4) is 0 Å². The molecule has 0 aliphatic carbocycles. The normalized spacial score (nSPS) is 13.2. The molecule has 1 N–H and O–H groups in total. The largest absolute Gasteiger partial charge is 0.375 e. The summed E-state index contributed by atoms with van der Waals surface area (Å²) >= 11 is 3.46. The number of anilines is 1. The molecule has 0 heterocycles. The summed E-state index contributed by atoms with van der Waals surface area (Å²) in [5, 5.41) is 2.68. The highest BCUT2D eigenvalue weighted by atomic mass is 79.9. The van der Waals surface area contributed by atoms with Gasteiger partial charge in [0.2, 0.25) is 5.91 Å². The number of para-hydroxylation sites is 1. The monoisotopic (exact) mass is 375 g/mol. The molecule has 2 atom stereocenters. The van der Waals surface area contributed by atoms with Crippen LogP contribution >= 0.6 is 15.9 Å². The smallest absolute Gasteiger partial charge is 0.221 e. The number of Topliss-reactive ketones (excluding diaryl/α,β-unsaturated/α-hetero) is 1. The first-order valence-electron chi connectivity index (χ1n) is 7.17. The number of carbonyl (C=O) groups excluding carboxylic acids is 2. The number of hydrogen-bond donors (Lipinski definition) is 1. The number of ketones is 1. The quantitative estimate of drug-likeness (QED) is 0.613. The SMILES string of the molecule is COC(c1ccccc1)C(Br)C(=O)c1ccccc1NC(C)=O. The van der Waals surface area contributed by atoms with Crippen molar-refractivity contribution >= 4 is 33.3 Å². The van der Waals surface area contributed by atoms with E-state index in [9.17, 15) is 9.59 Å². The Morgan fingerprint density at radius 1 is 1.04 bits per heavy atom. The van der Waals surface area contributed by atoms with Gasteiger partial charge in [0.25, 0.3) is 0 Å². The maximum absolute atomic E-state index is 12.8. The number of alkyl halides is 1. The molecule has 0 radical (unpaired) electrons. The van der Waals surface area contributed by atoms with E-state index in [1.54, 1.807) is 31.4 Å². The zero-order valence-corrected chi connectivity index (χ0v) is 14.5. The van der Waals surface area contributed by atoms with Gasteiger partial charge in [-0.2, -0.15) is 0 Å². The second-order valence-corrected chi connectivity index (χ2v) is 6.05. The topological polar surface area (TPSA) is 55.4 Å². The van der Waals surface area contributed by atoms with Gasteiger partial charge in [-0.3, -0.25) is 9.59 Å². The first kappa shape index (κ1) is 17.4. The van der Waals surface area contributed by atoms with Crippen molar-refractivity contribution < 1.29 is 14.3 Å². The standard InChI is InChI=1S/C18H18BrNO3/c1-12(21)20-15-11-7-6-10-14(15)17(22)16(19)18(23-2)13-8-4-3-5-9-13/h3-11,16,18H,1-2H3,(H,20,21). The van der Waals surface area contributed by atoms with Crippen molar-refractivity contribution in [2.75, 3.05) is 12.4 Å². The Morgan fingerprint density at radius 2 is 1.65 bits per heavy atom. The molecule has 1 amide bonds. The van der Waals surface area contributed by atoms with Gasteiger partial charge in [-0.25, -0.2) is 0 Å². The molecule has 0 bridgehead atoms.